The van der Waals surface area contributed by atoms with Crippen LogP contribution in [0.5, 0.6) is 0 Å². The van der Waals surface area contributed by atoms with Crippen LogP contribution in [0.2, 0.25) is 0 Å². The number of carbonyl (C=O) groups excluding carboxylic acids is 2. The van der Waals surface area contributed by atoms with Gasteiger partial charge in [-0.3, -0.25) is 9.59 Å². The first-order valence-electron chi connectivity index (χ1n) is 6.84. The van der Waals surface area contributed by atoms with E-state index in [1.165, 1.54) is 4.90 Å². The zero-order chi connectivity index (χ0) is 16.1. The number of aliphatic hydroxyl groups excluding tert-OH is 1. The number of rotatable bonds is 4. The Bertz CT molecular complexity index is 679. The van der Waals surface area contributed by atoms with Gasteiger partial charge in [-0.05, 0) is 42.0 Å². The van der Waals surface area contributed by atoms with Crippen molar-refractivity contribution in [1.82, 2.24) is 4.90 Å². The molecular weight excluding hydrogens is 280 g/mol. The van der Waals surface area contributed by atoms with Crippen LogP contribution in [-0.2, 0) is 6.61 Å². The Balaban J connectivity index is 2.11. The van der Waals surface area contributed by atoms with Gasteiger partial charge in [0.15, 0.2) is 0 Å². The highest BCUT2D eigenvalue weighted by Crippen LogP contribution is 2.13. The summed E-state index contributed by atoms with van der Waals surface area (Å²) in [5, 5.41) is 11.9. The fraction of sp³-hybridized carbons (Fsp3) is 0.176. The van der Waals surface area contributed by atoms with Crippen LogP contribution in [0, 0.1) is 0 Å². The van der Waals surface area contributed by atoms with Gasteiger partial charge in [-0.2, -0.15) is 0 Å². The minimum absolute atomic E-state index is 0.0783. The van der Waals surface area contributed by atoms with Crippen molar-refractivity contribution in [2.75, 3.05) is 19.4 Å². The van der Waals surface area contributed by atoms with E-state index in [-0.39, 0.29) is 18.4 Å². The summed E-state index contributed by atoms with van der Waals surface area (Å²) in [6, 6.07) is 13.5. The predicted molar refractivity (Wildman–Crippen MR) is 84.8 cm³/mol. The molecule has 0 aliphatic carbocycles. The molecule has 0 radical (unpaired) electrons. The summed E-state index contributed by atoms with van der Waals surface area (Å²) in [5.74, 6) is -0.374. The minimum Gasteiger partial charge on any atom is -0.392 e. The minimum atomic E-state index is -0.265. The van der Waals surface area contributed by atoms with E-state index in [1.807, 2.05) is 0 Å². The summed E-state index contributed by atoms with van der Waals surface area (Å²) in [7, 11) is 3.36. The number of hydrogen-bond acceptors (Lipinski definition) is 3. The van der Waals surface area contributed by atoms with Crippen molar-refractivity contribution in [3.05, 3.63) is 65.2 Å². The van der Waals surface area contributed by atoms with Gasteiger partial charge in [0.25, 0.3) is 11.8 Å². The Morgan fingerprint density at radius 3 is 2.27 bits per heavy atom. The molecule has 2 amide bonds. The third-order valence-electron chi connectivity index (χ3n) is 3.17. The topological polar surface area (TPSA) is 69.6 Å². The molecule has 22 heavy (non-hydrogen) atoms. The fourth-order valence-electron chi connectivity index (χ4n) is 1.97. The van der Waals surface area contributed by atoms with Crippen LogP contribution in [0.15, 0.2) is 48.5 Å². The number of amides is 2. The van der Waals surface area contributed by atoms with Gasteiger partial charge >= 0.3 is 0 Å². The van der Waals surface area contributed by atoms with Crippen LogP contribution in [-0.4, -0.2) is 35.9 Å². The van der Waals surface area contributed by atoms with Crippen molar-refractivity contribution in [3.8, 4) is 0 Å². The average molecular weight is 298 g/mol. The highest BCUT2D eigenvalue weighted by Gasteiger charge is 2.10. The molecule has 0 saturated heterocycles. The molecular formula is C17H18N2O3. The molecule has 114 valence electrons. The van der Waals surface area contributed by atoms with E-state index >= 15 is 0 Å². The lowest BCUT2D eigenvalue weighted by Crippen LogP contribution is -2.21. The standard InChI is InChI=1S/C17H18N2O3/c1-19(2)17(22)14-8-6-13(7-9-14)16(21)18-15-5-3-4-12(10-15)11-20/h3-10,20H,11H2,1-2H3,(H,18,21). The first-order chi connectivity index (χ1) is 10.5. The highest BCUT2D eigenvalue weighted by molar-refractivity contribution is 6.05. The van der Waals surface area contributed by atoms with Crippen molar-refractivity contribution >= 4 is 17.5 Å². The smallest absolute Gasteiger partial charge is 0.255 e. The summed E-state index contributed by atoms with van der Waals surface area (Å²) < 4.78 is 0. The third-order valence-corrected chi connectivity index (χ3v) is 3.17. The van der Waals surface area contributed by atoms with Gasteiger partial charge < -0.3 is 15.3 Å². The molecule has 0 bridgehead atoms. The maximum atomic E-state index is 12.2. The number of anilines is 1. The van der Waals surface area contributed by atoms with E-state index in [9.17, 15) is 9.59 Å². The Morgan fingerprint density at radius 1 is 1.05 bits per heavy atom. The van der Waals surface area contributed by atoms with Crippen molar-refractivity contribution in [2.45, 2.75) is 6.61 Å². The molecule has 0 unspecified atom stereocenters. The average Bonchev–Trinajstić information content (AvgIpc) is 2.54. The summed E-state index contributed by atoms with van der Waals surface area (Å²) >= 11 is 0. The SMILES string of the molecule is CN(C)C(=O)c1ccc(C(=O)Nc2cccc(CO)c2)cc1. The Morgan fingerprint density at radius 2 is 1.68 bits per heavy atom. The number of hydrogen-bond donors (Lipinski definition) is 2. The summed E-state index contributed by atoms with van der Waals surface area (Å²) in [6.07, 6.45) is 0. The molecule has 0 aliphatic heterocycles. The van der Waals surface area contributed by atoms with Crippen molar-refractivity contribution in [2.24, 2.45) is 0 Å². The molecule has 2 rings (SSSR count). The molecule has 0 atom stereocenters. The molecule has 5 heteroatoms. The number of aliphatic hydroxyl groups is 1. The molecule has 2 aromatic carbocycles. The lowest BCUT2D eigenvalue weighted by atomic mass is 10.1. The molecule has 0 aliphatic rings. The lowest BCUT2D eigenvalue weighted by Gasteiger charge is -2.11. The fourth-order valence-corrected chi connectivity index (χ4v) is 1.97. The van der Waals surface area contributed by atoms with Gasteiger partial charge in [-0.25, -0.2) is 0 Å². The Kier molecular flexibility index (Phi) is 4.91. The van der Waals surface area contributed by atoms with Gasteiger partial charge in [0.05, 0.1) is 6.61 Å². The van der Waals surface area contributed by atoms with E-state index in [0.29, 0.717) is 16.8 Å². The normalized spacial score (nSPS) is 10.1. The molecule has 2 aromatic rings. The maximum absolute atomic E-state index is 12.2. The second kappa shape index (κ2) is 6.87. The van der Waals surface area contributed by atoms with Crippen LogP contribution in [0.3, 0.4) is 0 Å². The van der Waals surface area contributed by atoms with Crippen LogP contribution < -0.4 is 5.32 Å². The zero-order valence-electron chi connectivity index (χ0n) is 12.5. The van der Waals surface area contributed by atoms with Gasteiger partial charge in [-0.15, -0.1) is 0 Å². The predicted octanol–water partition coefficient (Wildman–Crippen LogP) is 2.13. The number of carbonyl (C=O) groups is 2. The van der Waals surface area contributed by atoms with Crippen LogP contribution >= 0.6 is 0 Å². The quantitative estimate of drug-likeness (QED) is 0.908. The van der Waals surface area contributed by atoms with E-state index in [1.54, 1.807) is 62.6 Å². The molecule has 0 heterocycles. The first kappa shape index (κ1) is 15.7. The van der Waals surface area contributed by atoms with Crippen LogP contribution in [0.25, 0.3) is 0 Å². The molecule has 0 aromatic heterocycles. The number of benzene rings is 2. The van der Waals surface area contributed by atoms with Crippen molar-refractivity contribution < 1.29 is 14.7 Å². The van der Waals surface area contributed by atoms with E-state index < -0.39 is 0 Å². The largest absolute Gasteiger partial charge is 0.392 e. The summed E-state index contributed by atoms with van der Waals surface area (Å²) in [5.41, 5.74) is 2.34. The van der Waals surface area contributed by atoms with Gasteiger partial charge in [0.2, 0.25) is 0 Å². The summed E-state index contributed by atoms with van der Waals surface area (Å²) in [6.45, 7) is -0.0783. The lowest BCUT2D eigenvalue weighted by molar-refractivity contribution is 0.0827. The van der Waals surface area contributed by atoms with Crippen molar-refractivity contribution in [3.63, 3.8) is 0 Å². The molecule has 2 N–H and O–H groups in total. The second-order valence-corrected chi connectivity index (χ2v) is 5.09. The van der Waals surface area contributed by atoms with Crippen molar-refractivity contribution in [1.29, 1.82) is 0 Å². The van der Waals surface area contributed by atoms with E-state index in [2.05, 4.69) is 5.32 Å². The van der Waals surface area contributed by atoms with E-state index in [0.717, 1.165) is 5.56 Å². The number of nitrogens with one attached hydrogen (secondary N) is 1. The number of nitrogens with zero attached hydrogens (tertiary/aromatic N) is 1. The van der Waals surface area contributed by atoms with Crippen LogP contribution in [0.1, 0.15) is 26.3 Å². The maximum Gasteiger partial charge on any atom is 0.255 e. The monoisotopic (exact) mass is 298 g/mol. The van der Waals surface area contributed by atoms with Crippen LogP contribution in [0.4, 0.5) is 5.69 Å². The first-order valence-corrected chi connectivity index (χ1v) is 6.84. The third kappa shape index (κ3) is 3.71. The van der Waals surface area contributed by atoms with Gasteiger partial charge in [0.1, 0.15) is 0 Å². The van der Waals surface area contributed by atoms with Gasteiger partial charge in [-0.1, -0.05) is 12.1 Å². The molecule has 0 spiro atoms. The highest BCUT2D eigenvalue weighted by atomic mass is 16.3. The second-order valence-electron chi connectivity index (χ2n) is 5.09. The van der Waals surface area contributed by atoms with Gasteiger partial charge in [0, 0.05) is 30.9 Å². The zero-order valence-corrected chi connectivity index (χ0v) is 12.5. The Hall–Kier alpha value is -2.66. The summed E-state index contributed by atoms with van der Waals surface area (Å²) in [4.78, 5) is 25.4. The Labute approximate surface area is 129 Å². The molecule has 0 fully saturated rings. The molecule has 0 saturated carbocycles. The van der Waals surface area contributed by atoms with E-state index in [4.69, 9.17) is 5.11 Å². The molecule has 5 nitrogen and oxygen atoms in total.